The molecule has 2 N–H and O–H groups in total. The third kappa shape index (κ3) is 10.8. The van der Waals surface area contributed by atoms with Gasteiger partial charge in [-0.2, -0.15) is 0 Å². The van der Waals surface area contributed by atoms with Crippen LogP contribution in [-0.4, -0.2) is 10.2 Å². The summed E-state index contributed by atoms with van der Waals surface area (Å²) < 4.78 is 0. The van der Waals surface area contributed by atoms with Crippen molar-refractivity contribution in [3.05, 3.63) is 36.3 Å². The molecule has 0 aromatic heterocycles. The Bertz CT molecular complexity index is 198. The van der Waals surface area contributed by atoms with Gasteiger partial charge in [0.05, 0.1) is 0 Å². The fourth-order valence-corrected chi connectivity index (χ4v) is 1.07. The predicted molar refractivity (Wildman–Crippen MR) is 60.4 cm³/mol. The quantitative estimate of drug-likeness (QED) is 0.366. The van der Waals surface area contributed by atoms with Crippen molar-refractivity contribution in [2.75, 3.05) is 0 Å². The molecular weight excluding hydrogens is 176 g/mol. The second-order valence-electron chi connectivity index (χ2n) is 3.19. The molecule has 0 aromatic carbocycles. The van der Waals surface area contributed by atoms with Crippen molar-refractivity contribution < 1.29 is 10.2 Å². The number of aliphatic hydroxyl groups is 2. The summed E-state index contributed by atoms with van der Waals surface area (Å²) in [7, 11) is 0. The van der Waals surface area contributed by atoms with Crippen LogP contribution in [0.1, 0.15) is 39.0 Å². The molecule has 0 amide bonds. The Hall–Kier alpha value is -1.18. The van der Waals surface area contributed by atoms with Crippen LogP contribution in [0.3, 0.4) is 0 Å². The van der Waals surface area contributed by atoms with Crippen LogP contribution in [0, 0.1) is 0 Å². The Balaban J connectivity index is 3.36. The van der Waals surface area contributed by atoms with E-state index in [4.69, 9.17) is 10.2 Å². The summed E-state index contributed by atoms with van der Waals surface area (Å²) in [5, 5.41) is 16.8. The smallest absolute Gasteiger partial charge is 0.274 e. The fourth-order valence-electron chi connectivity index (χ4n) is 1.07. The van der Waals surface area contributed by atoms with Gasteiger partial charge in [0.25, 0.3) is 5.95 Å². The van der Waals surface area contributed by atoms with E-state index >= 15 is 0 Å². The number of allylic oxidation sites excluding steroid dienone is 5. The number of hydrogen-bond donors (Lipinski definition) is 2. The van der Waals surface area contributed by atoms with Gasteiger partial charge in [0, 0.05) is 6.08 Å². The molecule has 0 unspecified atom stereocenters. The van der Waals surface area contributed by atoms with Gasteiger partial charge in [-0.05, 0) is 12.8 Å². The summed E-state index contributed by atoms with van der Waals surface area (Å²) in [6, 6.07) is 0. The average molecular weight is 196 g/mol. The van der Waals surface area contributed by atoms with Crippen molar-refractivity contribution in [1.82, 2.24) is 0 Å². The molecule has 0 aliphatic rings. The molecule has 14 heavy (non-hydrogen) atoms. The molecule has 0 bridgehead atoms. The molecule has 0 aromatic rings. The second kappa shape index (κ2) is 9.90. The first kappa shape index (κ1) is 12.8. The monoisotopic (exact) mass is 196 g/mol. The van der Waals surface area contributed by atoms with E-state index in [0.29, 0.717) is 0 Å². The van der Waals surface area contributed by atoms with Gasteiger partial charge in [0.2, 0.25) is 0 Å². The molecule has 0 aliphatic heterocycles. The Morgan fingerprint density at radius 1 is 1.00 bits per heavy atom. The van der Waals surface area contributed by atoms with Gasteiger partial charge in [-0.25, -0.2) is 0 Å². The summed E-state index contributed by atoms with van der Waals surface area (Å²) in [6.07, 6.45) is 14.8. The van der Waals surface area contributed by atoms with Crippen LogP contribution in [0.4, 0.5) is 0 Å². The van der Waals surface area contributed by atoms with Gasteiger partial charge in [-0.3, -0.25) is 0 Å². The van der Waals surface area contributed by atoms with Crippen molar-refractivity contribution in [2.45, 2.75) is 39.0 Å². The lowest BCUT2D eigenvalue weighted by Crippen LogP contribution is -1.73. The summed E-state index contributed by atoms with van der Waals surface area (Å²) in [5.41, 5.74) is 0. The van der Waals surface area contributed by atoms with Crippen molar-refractivity contribution in [1.29, 1.82) is 0 Å². The predicted octanol–water partition coefficient (Wildman–Crippen LogP) is 4.03. The van der Waals surface area contributed by atoms with Crippen molar-refractivity contribution in [3.8, 4) is 0 Å². The lowest BCUT2D eigenvalue weighted by Gasteiger charge is -1.92. The van der Waals surface area contributed by atoms with Crippen molar-refractivity contribution in [2.24, 2.45) is 0 Å². The number of aliphatic hydroxyl groups excluding tert-OH is 1. The van der Waals surface area contributed by atoms with E-state index in [1.165, 1.54) is 31.8 Å². The molecule has 0 rings (SSSR count). The van der Waals surface area contributed by atoms with Crippen molar-refractivity contribution in [3.63, 3.8) is 0 Å². The Morgan fingerprint density at radius 3 is 2.43 bits per heavy atom. The lowest BCUT2D eigenvalue weighted by molar-refractivity contribution is 0.191. The molecule has 0 saturated heterocycles. The van der Waals surface area contributed by atoms with Gasteiger partial charge >= 0.3 is 0 Å². The SMILES string of the molecule is CCCCCCC=CC=CC=C(O)O. The van der Waals surface area contributed by atoms with Gasteiger partial charge in [0.15, 0.2) is 0 Å². The molecule has 0 radical (unpaired) electrons. The maximum absolute atomic E-state index is 8.39. The Kier molecular flexibility index (Phi) is 9.07. The van der Waals surface area contributed by atoms with E-state index in [0.717, 1.165) is 6.42 Å². The van der Waals surface area contributed by atoms with E-state index < -0.39 is 5.95 Å². The zero-order valence-electron chi connectivity index (χ0n) is 8.82. The van der Waals surface area contributed by atoms with Gasteiger partial charge in [-0.1, -0.05) is 50.5 Å². The van der Waals surface area contributed by atoms with Crippen LogP contribution in [0.2, 0.25) is 0 Å². The Morgan fingerprint density at radius 2 is 1.79 bits per heavy atom. The standard InChI is InChI=1S/C12H20O2/c1-2-3-4-5-6-7-8-9-10-11-12(13)14/h7-11,13-14H,2-6H2,1H3. The third-order valence-electron chi connectivity index (χ3n) is 1.83. The third-order valence-corrected chi connectivity index (χ3v) is 1.83. The van der Waals surface area contributed by atoms with E-state index in [2.05, 4.69) is 13.0 Å². The highest BCUT2D eigenvalue weighted by Gasteiger charge is 1.83. The summed E-state index contributed by atoms with van der Waals surface area (Å²) in [5.74, 6) is -0.655. The topological polar surface area (TPSA) is 40.5 Å². The number of unbranched alkanes of at least 4 members (excludes halogenated alkanes) is 4. The minimum Gasteiger partial charge on any atom is -0.481 e. The Labute approximate surface area is 86.3 Å². The zero-order valence-corrected chi connectivity index (χ0v) is 8.82. The van der Waals surface area contributed by atoms with Crippen LogP contribution < -0.4 is 0 Å². The first-order valence-corrected chi connectivity index (χ1v) is 5.18. The van der Waals surface area contributed by atoms with E-state index in [1.54, 1.807) is 12.2 Å². The molecule has 0 atom stereocenters. The molecule has 2 heteroatoms. The van der Waals surface area contributed by atoms with E-state index in [9.17, 15) is 0 Å². The van der Waals surface area contributed by atoms with Gasteiger partial charge < -0.3 is 10.2 Å². The minimum atomic E-state index is -0.655. The maximum Gasteiger partial charge on any atom is 0.274 e. The molecule has 80 valence electrons. The molecule has 2 nitrogen and oxygen atoms in total. The highest BCUT2D eigenvalue weighted by Crippen LogP contribution is 2.02. The van der Waals surface area contributed by atoms with Gasteiger partial charge in [0.1, 0.15) is 0 Å². The molecule has 0 aliphatic carbocycles. The second-order valence-corrected chi connectivity index (χ2v) is 3.19. The largest absolute Gasteiger partial charge is 0.481 e. The average Bonchev–Trinajstić information content (AvgIpc) is 2.15. The zero-order chi connectivity index (χ0) is 10.6. The van der Waals surface area contributed by atoms with Crippen LogP contribution in [0.25, 0.3) is 0 Å². The molecular formula is C12H20O2. The normalized spacial score (nSPS) is 11.2. The molecule has 0 saturated carbocycles. The first-order chi connectivity index (χ1) is 6.77. The molecule has 0 heterocycles. The first-order valence-electron chi connectivity index (χ1n) is 5.18. The van der Waals surface area contributed by atoms with E-state index in [-0.39, 0.29) is 0 Å². The fraction of sp³-hybridized carbons (Fsp3) is 0.500. The highest BCUT2D eigenvalue weighted by molar-refractivity contribution is 5.10. The molecule has 0 spiro atoms. The number of rotatable bonds is 7. The maximum atomic E-state index is 8.39. The summed E-state index contributed by atoms with van der Waals surface area (Å²) >= 11 is 0. The highest BCUT2D eigenvalue weighted by atomic mass is 16.5. The van der Waals surface area contributed by atoms with E-state index in [1.807, 2.05) is 6.08 Å². The molecule has 0 fully saturated rings. The number of hydrogen-bond acceptors (Lipinski definition) is 2. The van der Waals surface area contributed by atoms with Crippen LogP contribution >= 0.6 is 0 Å². The van der Waals surface area contributed by atoms with Gasteiger partial charge in [-0.15, -0.1) is 0 Å². The van der Waals surface area contributed by atoms with Crippen LogP contribution in [0.5, 0.6) is 0 Å². The van der Waals surface area contributed by atoms with Crippen LogP contribution in [-0.2, 0) is 0 Å². The van der Waals surface area contributed by atoms with Crippen molar-refractivity contribution >= 4 is 0 Å². The summed E-state index contributed by atoms with van der Waals surface area (Å²) in [6.45, 7) is 2.20. The lowest BCUT2D eigenvalue weighted by atomic mass is 10.1. The van der Waals surface area contributed by atoms with Crippen LogP contribution in [0.15, 0.2) is 36.3 Å². The minimum absolute atomic E-state index is 0.655. The summed E-state index contributed by atoms with van der Waals surface area (Å²) in [4.78, 5) is 0.